The van der Waals surface area contributed by atoms with E-state index in [0.29, 0.717) is 0 Å². The summed E-state index contributed by atoms with van der Waals surface area (Å²) >= 11 is 0. The molecule has 3 heteroatoms. The summed E-state index contributed by atoms with van der Waals surface area (Å²) < 4.78 is 5.27. The zero-order valence-corrected chi connectivity index (χ0v) is 12.1. The lowest BCUT2D eigenvalue weighted by molar-refractivity contribution is 0.0510. The molecule has 1 N–H and O–H groups in total. The van der Waals surface area contributed by atoms with Crippen LogP contribution in [0.1, 0.15) is 33.6 Å². The first-order valence-electron chi connectivity index (χ1n) is 6.45. The monoisotopic (exact) mass is 261 g/mol. The van der Waals surface area contributed by atoms with Crippen molar-refractivity contribution in [2.24, 2.45) is 0 Å². The molecule has 0 aromatic rings. The SMILES string of the molecule is C=CC1=C(C=C)C(NC(=O)OC(C)(C)C)CCC1=C. The van der Waals surface area contributed by atoms with Gasteiger partial charge in [-0.2, -0.15) is 0 Å². The predicted molar refractivity (Wildman–Crippen MR) is 79.0 cm³/mol. The Balaban J connectivity index is 2.86. The molecule has 1 aliphatic carbocycles. The molecule has 0 saturated carbocycles. The number of carbonyl (C=O) groups is 1. The summed E-state index contributed by atoms with van der Waals surface area (Å²) in [5.41, 5.74) is 2.47. The highest BCUT2D eigenvalue weighted by molar-refractivity contribution is 5.69. The van der Waals surface area contributed by atoms with Crippen molar-refractivity contribution in [1.82, 2.24) is 5.32 Å². The molecule has 1 unspecified atom stereocenters. The van der Waals surface area contributed by atoms with Crippen LogP contribution in [0.3, 0.4) is 0 Å². The van der Waals surface area contributed by atoms with Crippen LogP contribution in [0.5, 0.6) is 0 Å². The van der Waals surface area contributed by atoms with Crippen molar-refractivity contribution in [1.29, 1.82) is 0 Å². The summed E-state index contributed by atoms with van der Waals surface area (Å²) in [5, 5.41) is 2.88. The Bertz CT molecular complexity index is 438. The maximum atomic E-state index is 11.8. The number of alkyl carbamates (subject to hydrolysis) is 1. The summed E-state index contributed by atoms with van der Waals surface area (Å²) in [6.07, 6.45) is 4.74. The molecule has 0 fully saturated rings. The van der Waals surface area contributed by atoms with E-state index in [2.05, 4.69) is 25.1 Å². The van der Waals surface area contributed by atoms with Crippen molar-refractivity contribution in [2.45, 2.75) is 45.3 Å². The molecule has 0 aliphatic heterocycles. The minimum Gasteiger partial charge on any atom is -0.444 e. The van der Waals surface area contributed by atoms with Gasteiger partial charge in [-0.25, -0.2) is 4.79 Å². The van der Waals surface area contributed by atoms with Crippen molar-refractivity contribution in [3.8, 4) is 0 Å². The van der Waals surface area contributed by atoms with Gasteiger partial charge in [0.05, 0.1) is 6.04 Å². The Morgan fingerprint density at radius 3 is 2.47 bits per heavy atom. The minimum atomic E-state index is -0.498. The first-order valence-corrected chi connectivity index (χ1v) is 6.45. The molecule has 1 amide bonds. The Kier molecular flexibility index (Phi) is 4.76. The molecule has 0 saturated heterocycles. The maximum absolute atomic E-state index is 11.8. The van der Waals surface area contributed by atoms with Crippen molar-refractivity contribution in [3.05, 3.63) is 48.6 Å². The number of allylic oxidation sites excluding steroid dienone is 3. The number of nitrogens with one attached hydrogen (secondary N) is 1. The fourth-order valence-electron chi connectivity index (χ4n) is 2.11. The van der Waals surface area contributed by atoms with Gasteiger partial charge >= 0.3 is 6.09 Å². The quantitative estimate of drug-likeness (QED) is 0.836. The van der Waals surface area contributed by atoms with Gasteiger partial charge in [0.1, 0.15) is 5.60 Å². The highest BCUT2D eigenvalue weighted by Gasteiger charge is 2.25. The van der Waals surface area contributed by atoms with Crippen LogP contribution in [0.25, 0.3) is 0 Å². The molecule has 1 rings (SSSR count). The zero-order valence-electron chi connectivity index (χ0n) is 12.1. The van der Waals surface area contributed by atoms with Crippen LogP contribution in [0.15, 0.2) is 48.6 Å². The van der Waals surface area contributed by atoms with Gasteiger partial charge < -0.3 is 10.1 Å². The van der Waals surface area contributed by atoms with E-state index in [0.717, 1.165) is 29.6 Å². The summed E-state index contributed by atoms with van der Waals surface area (Å²) in [6.45, 7) is 17.1. The predicted octanol–water partition coefficient (Wildman–Crippen LogP) is 3.90. The van der Waals surface area contributed by atoms with Gasteiger partial charge in [0.25, 0.3) is 0 Å². The second kappa shape index (κ2) is 5.91. The third kappa shape index (κ3) is 4.12. The number of hydrogen-bond acceptors (Lipinski definition) is 2. The van der Waals surface area contributed by atoms with Gasteiger partial charge in [0, 0.05) is 0 Å². The normalized spacial score (nSPS) is 19.9. The van der Waals surface area contributed by atoms with E-state index in [1.165, 1.54) is 0 Å². The second-order valence-electron chi connectivity index (χ2n) is 5.62. The van der Waals surface area contributed by atoms with Gasteiger partial charge in [-0.05, 0) is 50.3 Å². The fraction of sp³-hybridized carbons (Fsp3) is 0.438. The Hall–Kier alpha value is -1.77. The molecular formula is C16H23NO2. The van der Waals surface area contributed by atoms with Crippen LogP contribution in [-0.4, -0.2) is 17.7 Å². The molecule has 3 nitrogen and oxygen atoms in total. The molecule has 0 aromatic heterocycles. The van der Waals surface area contributed by atoms with E-state index in [1.807, 2.05) is 20.8 Å². The van der Waals surface area contributed by atoms with Gasteiger partial charge in [-0.3, -0.25) is 0 Å². The Morgan fingerprint density at radius 1 is 1.37 bits per heavy atom. The lowest BCUT2D eigenvalue weighted by Crippen LogP contribution is -2.41. The van der Waals surface area contributed by atoms with Crippen molar-refractivity contribution >= 4 is 6.09 Å². The fourth-order valence-corrected chi connectivity index (χ4v) is 2.11. The molecule has 1 aliphatic rings. The largest absolute Gasteiger partial charge is 0.444 e. The van der Waals surface area contributed by atoms with E-state index < -0.39 is 11.7 Å². The number of carbonyl (C=O) groups excluding carboxylic acids is 1. The number of hydrogen-bond donors (Lipinski definition) is 1. The van der Waals surface area contributed by atoms with Crippen LogP contribution in [0, 0.1) is 0 Å². The minimum absolute atomic E-state index is 0.0918. The standard InChI is InChI=1S/C16H23NO2/c1-7-12-11(3)9-10-14(13(12)8-2)17-15(18)19-16(4,5)6/h7-8,14H,1-3,9-10H2,4-6H3,(H,17,18). The number of rotatable bonds is 3. The van der Waals surface area contributed by atoms with E-state index in [9.17, 15) is 4.79 Å². The second-order valence-corrected chi connectivity index (χ2v) is 5.62. The van der Waals surface area contributed by atoms with Gasteiger partial charge in [0.15, 0.2) is 0 Å². The molecular weight excluding hydrogens is 238 g/mol. The average Bonchev–Trinajstić information content (AvgIpc) is 2.28. The smallest absolute Gasteiger partial charge is 0.408 e. The van der Waals surface area contributed by atoms with Crippen molar-refractivity contribution < 1.29 is 9.53 Å². The third-order valence-corrected chi connectivity index (χ3v) is 2.92. The molecule has 19 heavy (non-hydrogen) atoms. The third-order valence-electron chi connectivity index (χ3n) is 2.92. The summed E-state index contributed by atoms with van der Waals surface area (Å²) in [4.78, 5) is 11.8. The van der Waals surface area contributed by atoms with E-state index >= 15 is 0 Å². The van der Waals surface area contributed by atoms with Crippen LogP contribution in [0.4, 0.5) is 4.79 Å². The van der Waals surface area contributed by atoms with Crippen LogP contribution in [-0.2, 0) is 4.74 Å². The van der Waals surface area contributed by atoms with Gasteiger partial charge in [-0.1, -0.05) is 31.9 Å². The molecule has 0 bridgehead atoms. The van der Waals surface area contributed by atoms with Crippen LogP contribution >= 0.6 is 0 Å². The topological polar surface area (TPSA) is 38.3 Å². The summed E-state index contributed by atoms with van der Waals surface area (Å²) in [6, 6.07) is -0.0918. The first-order chi connectivity index (χ1) is 8.78. The summed E-state index contributed by atoms with van der Waals surface area (Å²) in [7, 11) is 0. The van der Waals surface area contributed by atoms with Gasteiger partial charge in [-0.15, -0.1) is 0 Å². The first kappa shape index (κ1) is 15.3. The van der Waals surface area contributed by atoms with E-state index in [-0.39, 0.29) is 6.04 Å². The highest BCUT2D eigenvalue weighted by Crippen LogP contribution is 2.30. The average molecular weight is 261 g/mol. The Morgan fingerprint density at radius 2 is 2.00 bits per heavy atom. The zero-order chi connectivity index (χ0) is 14.6. The molecule has 1 atom stereocenters. The lowest BCUT2D eigenvalue weighted by Gasteiger charge is -2.29. The Labute approximate surface area is 115 Å². The molecule has 0 aromatic carbocycles. The maximum Gasteiger partial charge on any atom is 0.408 e. The van der Waals surface area contributed by atoms with Crippen LogP contribution < -0.4 is 5.32 Å². The van der Waals surface area contributed by atoms with Gasteiger partial charge in [0.2, 0.25) is 0 Å². The lowest BCUT2D eigenvalue weighted by atomic mass is 9.84. The number of amides is 1. The van der Waals surface area contributed by atoms with Crippen molar-refractivity contribution in [3.63, 3.8) is 0 Å². The molecule has 0 radical (unpaired) electrons. The van der Waals surface area contributed by atoms with E-state index in [4.69, 9.17) is 4.74 Å². The summed E-state index contributed by atoms with van der Waals surface area (Å²) in [5.74, 6) is 0. The molecule has 104 valence electrons. The number of ether oxygens (including phenoxy) is 1. The van der Waals surface area contributed by atoms with Crippen LogP contribution in [0.2, 0.25) is 0 Å². The van der Waals surface area contributed by atoms with Crippen molar-refractivity contribution in [2.75, 3.05) is 0 Å². The molecule has 0 spiro atoms. The highest BCUT2D eigenvalue weighted by atomic mass is 16.6. The molecule has 0 heterocycles. The van der Waals surface area contributed by atoms with E-state index in [1.54, 1.807) is 12.2 Å².